The van der Waals surface area contributed by atoms with Crippen LogP contribution in [0.15, 0.2) is 35.2 Å². The molecule has 1 aromatic rings. The van der Waals surface area contributed by atoms with Gasteiger partial charge in [0.05, 0.1) is 5.38 Å². The second kappa shape index (κ2) is 12.8. The Labute approximate surface area is 185 Å². The second-order valence-corrected chi connectivity index (χ2v) is 12.1. The largest absolute Gasteiger partial charge is 0.207 e. The van der Waals surface area contributed by atoms with E-state index in [2.05, 4.69) is 6.92 Å². The second-order valence-electron chi connectivity index (χ2n) is 6.00. The molecule has 0 nitrogen and oxygen atoms in total. The Morgan fingerprint density at radius 1 is 0.880 bits per heavy atom. The van der Waals surface area contributed by atoms with Crippen LogP contribution >= 0.6 is 79.6 Å². The zero-order chi connectivity index (χ0) is 18.8. The Morgan fingerprint density at radius 2 is 1.44 bits per heavy atom. The molecule has 0 radical (unpaired) electrons. The maximum atomic E-state index is 6.46. The average molecular weight is 483 g/mol. The van der Waals surface area contributed by atoms with Crippen LogP contribution in [0, 0.1) is 0 Å². The number of unbranched alkanes of at least 4 members (excludes halogenated alkanes) is 6. The minimum Gasteiger partial charge on any atom is -0.120 e. The molecule has 0 aromatic heterocycles. The molecule has 7 heteroatoms. The van der Waals surface area contributed by atoms with E-state index in [0.29, 0.717) is 6.42 Å². The summed E-state index contributed by atoms with van der Waals surface area (Å²) < 4.78 is -2.85. The van der Waals surface area contributed by atoms with Crippen molar-refractivity contribution in [2.75, 3.05) is 0 Å². The standard InChI is InChI=1S/C18H25Cl5S2/c1-2-3-4-5-6-7-11-14-16(19)17(20,21)18(22,23)25-24-15-12-9-8-10-13-15/h8-10,12-13,16H,2-7,11,14H2,1H3. The van der Waals surface area contributed by atoms with Crippen LogP contribution in [0.4, 0.5) is 0 Å². The summed E-state index contributed by atoms with van der Waals surface area (Å²) in [4.78, 5) is 1.03. The van der Waals surface area contributed by atoms with E-state index in [1.807, 2.05) is 30.3 Å². The molecule has 0 spiro atoms. The molecular weight excluding hydrogens is 458 g/mol. The van der Waals surface area contributed by atoms with Gasteiger partial charge in [-0.05, 0) is 29.3 Å². The van der Waals surface area contributed by atoms with Crippen LogP contribution < -0.4 is 0 Å². The number of rotatable bonds is 13. The fraction of sp³-hybridized carbons (Fsp3) is 0.667. The summed E-state index contributed by atoms with van der Waals surface area (Å²) >= 11 is 32.2. The van der Waals surface area contributed by atoms with Crippen LogP contribution in [0.3, 0.4) is 0 Å². The smallest absolute Gasteiger partial charge is 0.120 e. The molecule has 1 aromatic carbocycles. The molecule has 0 saturated carbocycles. The van der Waals surface area contributed by atoms with Crippen molar-refractivity contribution in [2.24, 2.45) is 0 Å². The third-order valence-electron chi connectivity index (χ3n) is 3.83. The highest BCUT2D eigenvalue weighted by atomic mass is 35.5. The topological polar surface area (TPSA) is 0 Å². The molecule has 1 atom stereocenters. The van der Waals surface area contributed by atoms with Crippen LogP contribution in [-0.2, 0) is 0 Å². The number of benzene rings is 1. The minimum atomic E-state index is -1.44. The van der Waals surface area contributed by atoms with Crippen molar-refractivity contribution in [1.82, 2.24) is 0 Å². The summed E-state index contributed by atoms with van der Waals surface area (Å²) in [6.07, 6.45) is 9.15. The first-order chi connectivity index (χ1) is 11.8. The molecule has 0 heterocycles. The van der Waals surface area contributed by atoms with Crippen LogP contribution in [0.5, 0.6) is 0 Å². The quantitative estimate of drug-likeness (QED) is 0.156. The van der Waals surface area contributed by atoms with Gasteiger partial charge in [0.2, 0.25) is 3.67 Å². The lowest BCUT2D eigenvalue weighted by Crippen LogP contribution is -2.41. The fourth-order valence-corrected chi connectivity index (χ4v) is 6.38. The Bertz CT molecular complexity index is 468. The van der Waals surface area contributed by atoms with Crippen molar-refractivity contribution in [3.63, 3.8) is 0 Å². The molecule has 1 unspecified atom stereocenters. The van der Waals surface area contributed by atoms with Gasteiger partial charge in [0.1, 0.15) is 0 Å². The minimum absolute atomic E-state index is 0.509. The van der Waals surface area contributed by atoms with E-state index < -0.39 is 13.4 Å². The van der Waals surface area contributed by atoms with Gasteiger partial charge in [-0.3, -0.25) is 0 Å². The Balaban J connectivity index is 2.39. The summed E-state index contributed by atoms with van der Waals surface area (Å²) in [5, 5.41) is -0.509. The van der Waals surface area contributed by atoms with Crippen LogP contribution in [-0.4, -0.2) is 13.4 Å². The highest BCUT2D eigenvalue weighted by molar-refractivity contribution is 8.77. The molecular formula is C18H25Cl5S2. The molecule has 0 N–H and O–H groups in total. The third kappa shape index (κ3) is 8.94. The normalized spacial score (nSPS) is 13.8. The Morgan fingerprint density at radius 3 is 2.04 bits per heavy atom. The molecule has 0 saturated heterocycles. The van der Waals surface area contributed by atoms with E-state index in [1.165, 1.54) is 53.7 Å². The van der Waals surface area contributed by atoms with E-state index in [0.717, 1.165) is 17.7 Å². The zero-order valence-electron chi connectivity index (χ0n) is 14.3. The van der Waals surface area contributed by atoms with Gasteiger partial charge in [0.15, 0.2) is 4.33 Å². The monoisotopic (exact) mass is 480 g/mol. The van der Waals surface area contributed by atoms with E-state index in [-0.39, 0.29) is 0 Å². The Kier molecular flexibility index (Phi) is 12.5. The van der Waals surface area contributed by atoms with Crippen molar-refractivity contribution < 1.29 is 0 Å². The van der Waals surface area contributed by atoms with Crippen molar-refractivity contribution in [2.45, 2.75) is 76.6 Å². The van der Waals surface area contributed by atoms with Crippen molar-refractivity contribution in [3.05, 3.63) is 30.3 Å². The highest BCUT2D eigenvalue weighted by Gasteiger charge is 2.52. The highest BCUT2D eigenvalue weighted by Crippen LogP contribution is 2.58. The maximum absolute atomic E-state index is 6.46. The summed E-state index contributed by atoms with van der Waals surface area (Å²) in [6, 6.07) is 9.80. The Hall–Kier alpha value is 1.37. The molecule has 25 heavy (non-hydrogen) atoms. The van der Waals surface area contributed by atoms with Gasteiger partial charge in [-0.2, -0.15) is 0 Å². The van der Waals surface area contributed by atoms with Gasteiger partial charge in [-0.25, -0.2) is 0 Å². The molecule has 1 rings (SSSR count). The lowest BCUT2D eigenvalue weighted by Gasteiger charge is -2.35. The fourth-order valence-electron chi connectivity index (χ4n) is 2.28. The summed E-state index contributed by atoms with van der Waals surface area (Å²) in [5.74, 6) is 0. The molecule has 0 bridgehead atoms. The molecule has 0 aliphatic rings. The first-order valence-electron chi connectivity index (χ1n) is 8.61. The first kappa shape index (κ1) is 24.4. The molecule has 0 amide bonds. The number of hydrogen-bond acceptors (Lipinski definition) is 2. The molecule has 0 aliphatic heterocycles. The molecule has 0 aliphatic carbocycles. The summed E-state index contributed by atoms with van der Waals surface area (Å²) in [6.45, 7) is 2.22. The van der Waals surface area contributed by atoms with E-state index in [4.69, 9.17) is 58.0 Å². The van der Waals surface area contributed by atoms with Crippen LogP contribution in [0.1, 0.15) is 58.3 Å². The van der Waals surface area contributed by atoms with Gasteiger partial charge in [0, 0.05) is 4.90 Å². The summed E-state index contributed by atoms with van der Waals surface area (Å²) in [5.41, 5.74) is 0. The lowest BCUT2D eigenvalue weighted by atomic mass is 10.1. The predicted octanol–water partition coefficient (Wildman–Crippen LogP) is 9.48. The van der Waals surface area contributed by atoms with E-state index >= 15 is 0 Å². The number of hydrogen-bond donors (Lipinski definition) is 0. The number of alkyl halides is 5. The van der Waals surface area contributed by atoms with Crippen LogP contribution in [0.25, 0.3) is 0 Å². The third-order valence-corrected chi connectivity index (χ3v) is 10.6. The SMILES string of the molecule is CCCCCCCCCC(Cl)C(Cl)(Cl)C(Cl)(Cl)SSc1ccccc1. The van der Waals surface area contributed by atoms with E-state index in [9.17, 15) is 0 Å². The van der Waals surface area contributed by atoms with Gasteiger partial charge in [0.25, 0.3) is 0 Å². The first-order valence-corrected chi connectivity index (χ1v) is 12.7. The predicted molar refractivity (Wildman–Crippen MR) is 121 cm³/mol. The molecule has 144 valence electrons. The van der Waals surface area contributed by atoms with Gasteiger partial charge < -0.3 is 0 Å². The van der Waals surface area contributed by atoms with Crippen LogP contribution in [0.2, 0.25) is 0 Å². The van der Waals surface area contributed by atoms with Crippen molar-refractivity contribution in [1.29, 1.82) is 0 Å². The van der Waals surface area contributed by atoms with Gasteiger partial charge >= 0.3 is 0 Å². The van der Waals surface area contributed by atoms with Gasteiger partial charge in [-0.15, -0.1) is 11.6 Å². The average Bonchev–Trinajstić information content (AvgIpc) is 2.59. The molecule has 0 fully saturated rings. The zero-order valence-corrected chi connectivity index (χ0v) is 19.7. The lowest BCUT2D eigenvalue weighted by molar-refractivity contribution is 0.554. The van der Waals surface area contributed by atoms with Crippen molar-refractivity contribution >= 4 is 79.6 Å². The maximum Gasteiger partial charge on any atom is 0.207 e. The van der Waals surface area contributed by atoms with Gasteiger partial charge in [-0.1, -0.05) is 127 Å². The summed E-state index contributed by atoms with van der Waals surface area (Å²) in [7, 11) is 2.66. The number of halogens is 5. The van der Waals surface area contributed by atoms with Crippen molar-refractivity contribution in [3.8, 4) is 0 Å². The van der Waals surface area contributed by atoms with E-state index in [1.54, 1.807) is 0 Å².